The predicted molar refractivity (Wildman–Crippen MR) is 90.9 cm³/mol. The Bertz CT molecular complexity index is 667. The van der Waals surface area contributed by atoms with Crippen LogP contribution in [0.2, 0.25) is 0 Å². The second kappa shape index (κ2) is 8.22. The van der Waals surface area contributed by atoms with Crippen LogP contribution in [0.4, 0.5) is 0 Å². The summed E-state index contributed by atoms with van der Waals surface area (Å²) < 4.78 is 11.0. The summed E-state index contributed by atoms with van der Waals surface area (Å²) in [5.74, 6) is 1.41. The smallest absolute Gasteiger partial charge is 0.258 e. The van der Waals surface area contributed by atoms with Crippen LogP contribution in [0.5, 0.6) is 11.5 Å². The molecule has 0 radical (unpaired) electrons. The molecule has 0 aliphatic heterocycles. The molecule has 4 heteroatoms. The van der Waals surface area contributed by atoms with Gasteiger partial charge in [-0.3, -0.25) is 4.79 Å². The molecule has 0 spiro atoms. The minimum absolute atomic E-state index is 0.00937. The lowest BCUT2D eigenvalue weighted by Crippen LogP contribution is -2.28. The number of benzene rings is 2. The first-order valence-electron chi connectivity index (χ1n) is 7.77. The van der Waals surface area contributed by atoms with E-state index in [0.29, 0.717) is 13.2 Å². The van der Waals surface area contributed by atoms with Gasteiger partial charge in [-0.15, -0.1) is 0 Å². The van der Waals surface area contributed by atoms with Gasteiger partial charge in [0, 0.05) is 6.54 Å². The number of nitrogens with one attached hydrogen (secondary N) is 1. The van der Waals surface area contributed by atoms with Gasteiger partial charge in [0.05, 0.1) is 6.61 Å². The van der Waals surface area contributed by atoms with Crippen molar-refractivity contribution in [3.05, 3.63) is 59.2 Å². The summed E-state index contributed by atoms with van der Waals surface area (Å²) >= 11 is 0. The summed E-state index contributed by atoms with van der Waals surface area (Å²) in [4.78, 5) is 11.9. The monoisotopic (exact) mass is 313 g/mol. The third-order valence-electron chi connectivity index (χ3n) is 3.40. The van der Waals surface area contributed by atoms with Crippen LogP contribution >= 0.6 is 0 Å². The van der Waals surface area contributed by atoms with E-state index in [9.17, 15) is 4.79 Å². The van der Waals surface area contributed by atoms with Gasteiger partial charge in [0.25, 0.3) is 5.91 Å². The first-order valence-corrected chi connectivity index (χ1v) is 7.77. The number of carbonyl (C=O) groups excluding carboxylic acids is 1. The van der Waals surface area contributed by atoms with Crippen LogP contribution < -0.4 is 14.8 Å². The summed E-state index contributed by atoms with van der Waals surface area (Å²) in [6, 6.07) is 13.6. The minimum Gasteiger partial charge on any atom is -0.494 e. The van der Waals surface area contributed by atoms with Crippen LogP contribution in [-0.4, -0.2) is 19.1 Å². The molecule has 0 fully saturated rings. The molecule has 0 unspecified atom stereocenters. The van der Waals surface area contributed by atoms with Crippen molar-refractivity contribution in [1.82, 2.24) is 5.32 Å². The lowest BCUT2D eigenvalue weighted by molar-refractivity contribution is -0.123. The molecule has 2 aromatic carbocycles. The molecule has 23 heavy (non-hydrogen) atoms. The normalized spacial score (nSPS) is 10.2. The number of hydrogen-bond acceptors (Lipinski definition) is 3. The number of aryl methyl sites for hydroxylation is 2. The van der Waals surface area contributed by atoms with Crippen molar-refractivity contribution in [2.45, 2.75) is 27.3 Å². The molecule has 0 bridgehead atoms. The zero-order valence-corrected chi connectivity index (χ0v) is 13.9. The minimum atomic E-state index is -0.146. The molecular formula is C19H23NO3. The van der Waals surface area contributed by atoms with Crippen molar-refractivity contribution in [1.29, 1.82) is 0 Å². The molecule has 2 aromatic rings. The van der Waals surface area contributed by atoms with Crippen LogP contribution in [0.3, 0.4) is 0 Å². The maximum Gasteiger partial charge on any atom is 0.258 e. The van der Waals surface area contributed by atoms with E-state index in [1.165, 1.54) is 0 Å². The van der Waals surface area contributed by atoms with Crippen molar-refractivity contribution in [2.24, 2.45) is 0 Å². The fourth-order valence-corrected chi connectivity index (χ4v) is 2.17. The fourth-order valence-electron chi connectivity index (χ4n) is 2.17. The highest BCUT2D eigenvalue weighted by Gasteiger charge is 2.05. The lowest BCUT2D eigenvalue weighted by Gasteiger charge is -2.11. The van der Waals surface area contributed by atoms with Crippen molar-refractivity contribution in [3.63, 3.8) is 0 Å². The number of ether oxygens (including phenoxy) is 2. The Morgan fingerprint density at radius 3 is 2.70 bits per heavy atom. The molecule has 0 heterocycles. The van der Waals surface area contributed by atoms with Gasteiger partial charge < -0.3 is 14.8 Å². The molecule has 1 N–H and O–H groups in total. The van der Waals surface area contributed by atoms with E-state index >= 15 is 0 Å². The van der Waals surface area contributed by atoms with E-state index in [0.717, 1.165) is 28.2 Å². The first kappa shape index (κ1) is 16.9. The molecular weight excluding hydrogens is 290 g/mol. The highest BCUT2D eigenvalue weighted by atomic mass is 16.5. The quantitative estimate of drug-likeness (QED) is 0.852. The van der Waals surface area contributed by atoms with E-state index in [1.54, 1.807) is 0 Å². The molecule has 4 nitrogen and oxygen atoms in total. The SMILES string of the molecule is CCOc1cccc(CNC(=O)COc2cc(C)ccc2C)c1. The standard InChI is InChI=1S/C19H23NO3/c1-4-22-17-7-5-6-16(11-17)12-20-19(21)13-23-18-10-14(2)8-9-15(18)3/h5-11H,4,12-13H2,1-3H3,(H,20,21). The maximum atomic E-state index is 11.9. The molecule has 1 amide bonds. The van der Waals surface area contributed by atoms with E-state index in [2.05, 4.69) is 5.32 Å². The Labute approximate surface area is 137 Å². The van der Waals surface area contributed by atoms with Gasteiger partial charge >= 0.3 is 0 Å². The fraction of sp³-hybridized carbons (Fsp3) is 0.316. The zero-order chi connectivity index (χ0) is 16.7. The van der Waals surface area contributed by atoms with Gasteiger partial charge in [0.2, 0.25) is 0 Å². The van der Waals surface area contributed by atoms with Crippen LogP contribution in [0.1, 0.15) is 23.6 Å². The summed E-state index contributed by atoms with van der Waals surface area (Å²) in [6.45, 7) is 6.99. The zero-order valence-electron chi connectivity index (χ0n) is 13.9. The third-order valence-corrected chi connectivity index (χ3v) is 3.40. The second-order valence-corrected chi connectivity index (χ2v) is 5.41. The van der Waals surface area contributed by atoms with Crippen molar-refractivity contribution < 1.29 is 14.3 Å². The summed E-state index contributed by atoms with van der Waals surface area (Å²) in [7, 11) is 0. The second-order valence-electron chi connectivity index (χ2n) is 5.41. The topological polar surface area (TPSA) is 47.6 Å². The molecule has 0 atom stereocenters. The summed E-state index contributed by atoms with van der Waals surface area (Å²) in [6.07, 6.45) is 0. The van der Waals surface area contributed by atoms with Crippen LogP contribution in [0.15, 0.2) is 42.5 Å². The van der Waals surface area contributed by atoms with Gasteiger partial charge in [-0.2, -0.15) is 0 Å². The van der Waals surface area contributed by atoms with Crippen LogP contribution in [-0.2, 0) is 11.3 Å². The largest absolute Gasteiger partial charge is 0.494 e. The first-order chi connectivity index (χ1) is 11.1. The lowest BCUT2D eigenvalue weighted by atomic mass is 10.1. The molecule has 0 saturated carbocycles. The van der Waals surface area contributed by atoms with Crippen molar-refractivity contribution >= 4 is 5.91 Å². The number of carbonyl (C=O) groups is 1. The van der Waals surface area contributed by atoms with Gasteiger partial charge in [-0.05, 0) is 55.7 Å². The van der Waals surface area contributed by atoms with Gasteiger partial charge in [-0.1, -0.05) is 24.3 Å². The number of rotatable bonds is 7. The summed E-state index contributed by atoms with van der Waals surface area (Å²) in [5, 5.41) is 2.85. The van der Waals surface area contributed by atoms with E-state index < -0.39 is 0 Å². The average molecular weight is 313 g/mol. The Morgan fingerprint density at radius 2 is 1.91 bits per heavy atom. The van der Waals surface area contributed by atoms with Crippen molar-refractivity contribution in [2.75, 3.05) is 13.2 Å². The van der Waals surface area contributed by atoms with E-state index in [4.69, 9.17) is 9.47 Å². The summed E-state index contributed by atoms with van der Waals surface area (Å²) in [5.41, 5.74) is 3.13. The Morgan fingerprint density at radius 1 is 1.09 bits per heavy atom. The van der Waals surface area contributed by atoms with Gasteiger partial charge in [0.1, 0.15) is 11.5 Å². The van der Waals surface area contributed by atoms with Gasteiger partial charge in [-0.25, -0.2) is 0 Å². The molecule has 0 aromatic heterocycles. The highest BCUT2D eigenvalue weighted by Crippen LogP contribution is 2.19. The molecule has 0 saturated heterocycles. The third kappa shape index (κ3) is 5.33. The van der Waals surface area contributed by atoms with Crippen molar-refractivity contribution in [3.8, 4) is 11.5 Å². The van der Waals surface area contributed by atoms with Crippen LogP contribution in [0, 0.1) is 13.8 Å². The number of amides is 1. The number of hydrogen-bond donors (Lipinski definition) is 1. The average Bonchev–Trinajstić information content (AvgIpc) is 2.54. The highest BCUT2D eigenvalue weighted by molar-refractivity contribution is 5.77. The maximum absolute atomic E-state index is 11.9. The Balaban J connectivity index is 1.83. The molecule has 2 rings (SSSR count). The molecule has 0 aliphatic carbocycles. The Kier molecular flexibility index (Phi) is 6.03. The predicted octanol–water partition coefficient (Wildman–Crippen LogP) is 3.40. The Hall–Kier alpha value is -2.49. The van der Waals surface area contributed by atoms with E-state index in [-0.39, 0.29) is 12.5 Å². The van der Waals surface area contributed by atoms with E-state index in [1.807, 2.05) is 63.2 Å². The van der Waals surface area contributed by atoms with Gasteiger partial charge in [0.15, 0.2) is 6.61 Å². The molecule has 0 aliphatic rings. The van der Waals surface area contributed by atoms with Crippen LogP contribution in [0.25, 0.3) is 0 Å². The molecule has 122 valence electrons.